The third-order valence-corrected chi connectivity index (χ3v) is 3.92. The van der Waals surface area contributed by atoms with Gasteiger partial charge in [-0.1, -0.05) is 24.6 Å². The molecule has 0 radical (unpaired) electrons. The molecular weight excluding hydrogens is 266 g/mol. The molecule has 96 valence electrons. The first-order chi connectivity index (χ1) is 8.79. The minimum Gasteiger partial charge on any atom is -0.468 e. The average Bonchev–Trinajstić information content (AvgIpc) is 2.88. The van der Waals surface area contributed by atoms with E-state index in [1.807, 2.05) is 18.2 Å². The van der Waals surface area contributed by atoms with Crippen molar-refractivity contribution in [2.24, 2.45) is 0 Å². The molecule has 0 atom stereocenters. The minimum absolute atomic E-state index is 0.818. The summed E-state index contributed by atoms with van der Waals surface area (Å²) in [4.78, 5) is 1.16. The normalized spacial score (nSPS) is 10.8. The van der Waals surface area contributed by atoms with Gasteiger partial charge < -0.3 is 9.73 Å². The monoisotopic (exact) mass is 281 g/mol. The van der Waals surface area contributed by atoms with Crippen LogP contribution in [-0.2, 0) is 12.3 Å². The number of thioether (sulfide) groups is 1. The Bertz CT molecular complexity index is 485. The van der Waals surface area contributed by atoms with E-state index in [1.165, 1.54) is 0 Å². The number of nitrogens with one attached hydrogen (secondary N) is 1. The quantitative estimate of drug-likeness (QED) is 0.798. The van der Waals surface area contributed by atoms with Crippen molar-refractivity contribution >= 4 is 23.4 Å². The van der Waals surface area contributed by atoms with Crippen LogP contribution in [0.25, 0.3) is 0 Å². The minimum atomic E-state index is 0.818. The van der Waals surface area contributed by atoms with Crippen molar-refractivity contribution in [1.29, 1.82) is 0 Å². The van der Waals surface area contributed by atoms with Gasteiger partial charge in [-0.15, -0.1) is 11.8 Å². The highest BCUT2D eigenvalue weighted by atomic mass is 35.5. The van der Waals surface area contributed by atoms with Gasteiger partial charge in [-0.25, -0.2) is 0 Å². The van der Waals surface area contributed by atoms with Crippen molar-refractivity contribution in [1.82, 2.24) is 5.32 Å². The number of furan rings is 1. The van der Waals surface area contributed by atoms with Gasteiger partial charge in [0.1, 0.15) is 5.76 Å². The van der Waals surface area contributed by atoms with E-state index in [9.17, 15) is 0 Å². The van der Waals surface area contributed by atoms with E-state index in [4.69, 9.17) is 16.0 Å². The fourth-order valence-corrected chi connectivity index (χ4v) is 2.72. The number of rotatable bonds is 6. The summed E-state index contributed by atoms with van der Waals surface area (Å²) in [7, 11) is 0. The molecule has 2 rings (SSSR count). The fraction of sp³-hybridized carbons (Fsp3) is 0.286. The van der Waals surface area contributed by atoms with Gasteiger partial charge in [-0.2, -0.15) is 0 Å². The zero-order valence-corrected chi connectivity index (χ0v) is 11.9. The number of hydrogen-bond donors (Lipinski definition) is 1. The van der Waals surface area contributed by atoms with Gasteiger partial charge in [0.25, 0.3) is 0 Å². The van der Waals surface area contributed by atoms with E-state index in [-0.39, 0.29) is 0 Å². The summed E-state index contributed by atoms with van der Waals surface area (Å²) >= 11 is 7.98. The zero-order valence-electron chi connectivity index (χ0n) is 10.3. The van der Waals surface area contributed by atoms with Crippen LogP contribution in [0, 0.1) is 0 Å². The Morgan fingerprint density at radius 2 is 2.22 bits per heavy atom. The van der Waals surface area contributed by atoms with E-state index < -0.39 is 0 Å². The molecule has 2 aromatic rings. The van der Waals surface area contributed by atoms with Gasteiger partial charge in [0, 0.05) is 16.5 Å². The summed E-state index contributed by atoms with van der Waals surface area (Å²) in [6, 6.07) is 10.1. The molecule has 0 aliphatic heterocycles. The summed E-state index contributed by atoms with van der Waals surface area (Å²) in [6.45, 7) is 3.85. The van der Waals surface area contributed by atoms with E-state index >= 15 is 0 Å². The van der Waals surface area contributed by atoms with Gasteiger partial charge in [0.15, 0.2) is 0 Å². The summed E-state index contributed by atoms with van der Waals surface area (Å²) < 4.78 is 5.30. The van der Waals surface area contributed by atoms with Gasteiger partial charge in [0.2, 0.25) is 0 Å². The third-order valence-electron chi connectivity index (χ3n) is 2.55. The van der Waals surface area contributed by atoms with E-state index in [2.05, 4.69) is 24.4 Å². The summed E-state index contributed by atoms with van der Waals surface area (Å²) in [6.07, 6.45) is 1.70. The molecule has 1 N–H and O–H groups in total. The van der Waals surface area contributed by atoms with Gasteiger partial charge >= 0.3 is 0 Å². The van der Waals surface area contributed by atoms with Gasteiger partial charge in [-0.3, -0.25) is 0 Å². The third kappa shape index (κ3) is 3.80. The molecule has 0 aliphatic carbocycles. The van der Waals surface area contributed by atoms with Gasteiger partial charge in [-0.05, 0) is 36.4 Å². The Kier molecular flexibility index (Phi) is 5.17. The van der Waals surface area contributed by atoms with E-state index in [0.717, 1.165) is 40.1 Å². The van der Waals surface area contributed by atoms with Crippen LogP contribution < -0.4 is 5.32 Å². The Hall–Kier alpha value is -0.900. The van der Waals surface area contributed by atoms with Crippen LogP contribution in [0.1, 0.15) is 18.2 Å². The highest BCUT2D eigenvalue weighted by Crippen LogP contribution is 2.27. The summed E-state index contributed by atoms with van der Waals surface area (Å²) in [5, 5.41) is 4.09. The smallest absolute Gasteiger partial charge is 0.113 e. The molecule has 0 bridgehead atoms. The zero-order chi connectivity index (χ0) is 12.8. The van der Waals surface area contributed by atoms with E-state index in [1.54, 1.807) is 18.0 Å². The topological polar surface area (TPSA) is 25.2 Å². The molecule has 1 aromatic heterocycles. The average molecular weight is 282 g/mol. The maximum absolute atomic E-state index is 6.25. The predicted octanol–water partition coefficient (Wildman–Crippen LogP) is 4.33. The first-order valence-electron chi connectivity index (χ1n) is 5.94. The first kappa shape index (κ1) is 13.5. The molecule has 0 aliphatic rings. The van der Waals surface area contributed by atoms with Crippen molar-refractivity contribution < 1.29 is 4.42 Å². The highest BCUT2D eigenvalue weighted by Gasteiger charge is 2.03. The number of benzene rings is 1. The van der Waals surface area contributed by atoms with Crippen molar-refractivity contribution in [3.63, 3.8) is 0 Å². The molecular formula is C14H16ClNOS. The molecule has 1 heterocycles. The van der Waals surface area contributed by atoms with Crippen LogP contribution in [-0.4, -0.2) is 6.54 Å². The molecule has 0 spiro atoms. The van der Waals surface area contributed by atoms with Crippen LogP contribution in [0.4, 0.5) is 0 Å². The molecule has 0 unspecified atom stereocenters. The highest BCUT2D eigenvalue weighted by molar-refractivity contribution is 7.98. The van der Waals surface area contributed by atoms with Crippen LogP contribution >= 0.6 is 23.4 Å². The molecule has 0 fully saturated rings. The lowest BCUT2D eigenvalue weighted by molar-refractivity contribution is 0.530. The van der Waals surface area contributed by atoms with Gasteiger partial charge in [0.05, 0.1) is 12.0 Å². The lowest BCUT2D eigenvalue weighted by Gasteiger charge is -2.07. The summed E-state index contributed by atoms with van der Waals surface area (Å²) in [5.41, 5.74) is 1.14. The molecule has 1 aromatic carbocycles. The van der Waals surface area contributed by atoms with Crippen molar-refractivity contribution in [2.45, 2.75) is 24.1 Å². The second-order valence-corrected chi connectivity index (χ2v) is 5.36. The maximum atomic E-state index is 6.25. The Labute approximate surface area is 117 Å². The van der Waals surface area contributed by atoms with Crippen LogP contribution in [0.2, 0.25) is 5.02 Å². The van der Waals surface area contributed by atoms with E-state index in [0.29, 0.717) is 0 Å². The Morgan fingerprint density at radius 3 is 2.89 bits per heavy atom. The van der Waals surface area contributed by atoms with Crippen molar-refractivity contribution in [2.75, 3.05) is 6.54 Å². The predicted molar refractivity (Wildman–Crippen MR) is 77.1 cm³/mol. The second kappa shape index (κ2) is 6.88. The lowest BCUT2D eigenvalue weighted by atomic mass is 10.2. The van der Waals surface area contributed by atoms with Crippen LogP contribution in [0.5, 0.6) is 0 Å². The lowest BCUT2D eigenvalue weighted by Crippen LogP contribution is -2.11. The number of hydrogen-bond acceptors (Lipinski definition) is 3. The largest absolute Gasteiger partial charge is 0.468 e. The van der Waals surface area contributed by atoms with Crippen molar-refractivity contribution in [3.05, 3.63) is 52.9 Å². The summed E-state index contributed by atoms with van der Waals surface area (Å²) in [5.74, 6) is 1.81. The molecule has 18 heavy (non-hydrogen) atoms. The molecule has 2 nitrogen and oxygen atoms in total. The Morgan fingerprint density at radius 1 is 1.33 bits per heavy atom. The SMILES string of the molecule is CCNCc1ccc(SCc2ccco2)cc1Cl. The van der Waals surface area contributed by atoms with Crippen LogP contribution in [0.15, 0.2) is 45.9 Å². The number of halogens is 1. The van der Waals surface area contributed by atoms with Crippen LogP contribution in [0.3, 0.4) is 0 Å². The molecule has 0 saturated heterocycles. The fourth-order valence-electron chi connectivity index (χ4n) is 1.57. The Balaban J connectivity index is 1.95. The maximum Gasteiger partial charge on any atom is 0.113 e. The molecule has 4 heteroatoms. The second-order valence-electron chi connectivity index (χ2n) is 3.90. The molecule has 0 saturated carbocycles. The standard InChI is InChI=1S/C14H16ClNOS/c1-2-16-9-11-5-6-13(8-14(11)15)18-10-12-4-3-7-17-12/h3-8,16H,2,9-10H2,1H3. The van der Waals surface area contributed by atoms with Crippen molar-refractivity contribution in [3.8, 4) is 0 Å². The molecule has 0 amide bonds. The first-order valence-corrected chi connectivity index (χ1v) is 7.30.